The van der Waals surface area contributed by atoms with E-state index in [-0.39, 0.29) is 11.7 Å². The van der Waals surface area contributed by atoms with Crippen LogP contribution in [0.5, 0.6) is 0 Å². The highest BCUT2D eigenvalue weighted by molar-refractivity contribution is 5.48. The number of anilines is 1. The largest absolute Gasteiger partial charge is 0.367 e. The topological polar surface area (TPSA) is 29.3 Å². The summed E-state index contributed by atoms with van der Waals surface area (Å²) >= 11 is 0. The predicted molar refractivity (Wildman–Crippen MR) is 67.6 cm³/mol. The van der Waals surface area contributed by atoms with Crippen molar-refractivity contribution in [2.75, 3.05) is 18.5 Å². The first-order valence-corrected chi connectivity index (χ1v) is 5.97. The Bertz CT molecular complexity index is 382. The van der Waals surface area contributed by atoms with E-state index in [1.54, 1.807) is 6.07 Å². The zero-order chi connectivity index (χ0) is 13.7. The fourth-order valence-corrected chi connectivity index (χ4v) is 1.74. The Kier molecular flexibility index (Phi) is 5.47. The Labute approximate surface area is 106 Å². The van der Waals surface area contributed by atoms with Crippen molar-refractivity contribution in [3.8, 4) is 0 Å². The third-order valence-electron chi connectivity index (χ3n) is 2.86. The smallest absolute Gasteiger partial charge is 0.255 e. The molecule has 5 heteroatoms. The van der Waals surface area contributed by atoms with Gasteiger partial charge in [-0.05, 0) is 30.5 Å². The SMILES string of the molecule is CCC(N)Cc1ccc(N(C)CC(F)F)c(F)c1. The fraction of sp³-hybridized carbons (Fsp3) is 0.538. The lowest BCUT2D eigenvalue weighted by atomic mass is 10.0. The van der Waals surface area contributed by atoms with Gasteiger partial charge in [0.05, 0.1) is 12.2 Å². The lowest BCUT2D eigenvalue weighted by molar-refractivity contribution is 0.156. The number of halogens is 3. The van der Waals surface area contributed by atoms with Crippen molar-refractivity contribution in [3.05, 3.63) is 29.6 Å². The van der Waals surface area contributed by atoms with Crippen LogP contribution in [-0.2, 0) is 6.42 Å². The first-order valence-electron chi connectivity index (χ1n) is 5.97. The molecule has 1 aromatic rings. The summed E-state index contributed by atoms with van der Waals surface area (Å²) < 4.78 is 38.2. The van der Waals surface area contributed by atoms with Gasteiger partial charge in [0.2, 0.25) is 0 Å². The third-order valence-corrected chi connectivity index (χ3v) is 2.86. The maximum atomic E-state index is 13.8. The van der Waals surface area contributed by atoms with Gasteiger partial charge in [0.15, 0.2) is 0 Å². The summed E-state index contributed by atoms with van der Waals surface area (Å²) in [7, 11) is 1.45. The molecule has 1 rings (SSSR count). The van der Waals surface area contributed by atoms with E-state index in [9.17, 15) is 13.2 Å². The van der Waals surface area contributed by atoms with Gasteiger partial charge in [-0.1, -0.05) is 13.0 Å². The summed E-state index contributed by atoms with van der Waals surface area (Å²) in [6.45, 7) is 1.48. The van der Waals surface area contributed by atoms with Crippen molar-refractivity contribution in [3.63, 3.8) is 0 Å². The molecule has 0 aliphatic carbocycles. The van der Waals surface area contributed by atoms with Crippen LogP contribution in [0.25, 0.3) is 0 Å². The van der Waals surface area contributed by atoms with Crippen molar-refractivity contribution in [1.82, 2.24) is 0 Å². The van der Waals surface area contributed by atoms with Gasteiger partial charge in [0.25, 0.3) is 6.43 Å². The molecule has 0 radical (unpaired) electrons. The van der Waals surface area contributed by atoms with Crippen molar-refractivity contribution < 1.29 is 13.2 Å². The summed E-state index contributed by atoms with van der Waals surface area (Å²) in [4.78, 5) is 1.21. The van der Waals surface area contributed by atoms with Gasteiger partial charge in [-0.3, -0.25) is 0 Å². The minimum absolute atomic E-state index is 0.00552. The number of alkyl halides is 2. The van der Waals surface area contributed by atoms with Crippen LogP contribution in [0, 0.1) is 5.82 Å². The quantitative estimate of drug-likeness (QED) is 0.852. The van der Waals surface area contributed by atoms with Gasteiger partial charge < -0.3 is 10.6 Å². The van der Waals surface area contributed by atoms with Crippen molar-refractivity contribution in [1.29, 1.82) is 0 Å². The zero-order valence-corrected chi connectivity index (χ0v) is 10.7. The maximum Gasteiger partial charge on any atom is 0.255 e. The van der Waals surface area contributed by atoms with E-state index in [1.165, 1.54) is 24.1 Å². The number of nitrogens with two attached hydrogens (primary N) is 1. The van der Waals surface area contributed by atoms with E-state index in [0.717, 1.165) is 12.0 Å². The molecule has 1 atom stereocenters. The van der Waals surface area contributed by atoms with Gasteiger partial charge in [-0.25, -0.2) is 13.2 Å². The van der Waals surface area contributed by atoms with Gasteiger partial charge in [0, 0.05) is 13.1 Å². The molecule has 0 saturated heterocycles. The number of nitrogens with zero attached hydrogens (tertiary/aromatic N) is 1. The van der Waals surface area contributed by atoms with E-state index in [1.807, 2.05) is 6.92 Å². The monoisotopic (exact) mass is 260 g/mol. The van der Waals surface area contributed by atoms with E-state index < -0.39 is 18.8 Å². The lowest BCUT2D eigenvalue weighted by Gasteiger charge is -2.20. The molecule has 1 aromatic carbocycles. The second-order valence-electron chi connectivity index (χ2n) is 4.43. The summed E-state index contributed by atoms with van der Waals surface area (Å²) in [5, 5.41) is 0. The minimum atomic E-state index is -2.48. The lowest BCUT2D eigenvalue weighted by Crippen LogP contribution is -2.25. The molecule has 18 heavy (non-hydrogen) atoms. The molecule has 1 unspecified atom stereocenters. The molecule has 2 nitrogen and oxygen atoms in total. The van der Waals surface area contributed by atoms with E-state index in [4.69, 9.17) is 5.73 Å². The molecular weight excluding hydrogens is 241 g/mol. The van der Waals surface area contributed by atoms with Crippen LogP contribution in [0.4, 0.5) is 18.9 Å². The van der Waals surface area contributed by atoms with Gasteiger partial charge in [-0.15, -0.1) is 0 Å². The number of hydrogen-bond donors (Lipinski definition) is 1. The van der Waals surface area contributed by atoms with Crippen LogP contribution < -0.4 is 10.6 Å². The Morgan fingerprint density at radius 2 is 2.00 bits per heavy atom. The molecule has 0 aliphatic rings. The van der Waals surface area contributed by atoms with E-state index >= 15 is 0 Å². The second-order valence-corrected chi connectivity index (χ2v) is 4.43. The standard InChI is InChI=1S/C13H19F3N2/c1-3-10(17)6-9-4-5-12(11(14)7-9)18(2)8-13(15)16/h4-5,7,10,13H,3,6,8,17H2,1-2H3. The summed E-state index contributed by atoms with van der Waals surface area (Å²) in [5.41, 5.74) is 6.76. The number of hydrogen-bond acceptors (Lipinski definition) is 2. The third kappa shape index (κ3) is 4.22. The van der Waals surface area contributed by atoms with Crippen molar-refractivity contribution in [2.24, 2.45) is 5.73 Å². The van der Waals surface area contributed by atoms with Gasteiger partial charge in [-0.2, -0.15) is 0 Å². The number of benzene rings is 1. The van der Waals surface area contributed by atoms with Crippen LogP contribution in [0.1, 0.15) is 18.9 Å². The Hall–Kier alpha value is -1.23. The zero-order valence-electron chi connectivity index (χ0n) is 10.7. The normalized spacial score (nSPS) is 12.8. The molecule has 2 N–H and O–H groups in total. The Balaban J connectivity index is 2.79. The fourth-order valence-electron chi connectivity index (χ4n) is 1.74. The Morgan fingerprint density at radius 3 is 2.50 bits per heavy atom. The van der Waals surface area contributed by atoms with Crippen molar-refractivity contribution >= 4 is 5.69 Å². The molecule has 0 fully saturated rings. The van der Waals surface area contributed by atoms with Gasteiger partial charge in [0.1, 0.15) is 5.82 Å². The molecule has 0 heterocycles. The Morgan fingerprint density at radius 1 is 1.33 bits per heavy atom. The molecule has 0 amide bonds. The molecule has 0 spiro atoms. The second kappa shape index (κ2) is 6.64. The molecule has 0 saturated carbocycles. The van der Waals surface area contributed by atoms with Crippen molar-refractivity contribution in [2.45, 2.75) is 32.2 Å². The van der Waals surface area contributed by atoms with E-state index in [2.05, 4.69) is 0 Å². The molecular formula is C13H19F3N2. The molecule has 0 aliphatic heterocycles. The highest BCUT2D eigenvalue weighted by Crippen LogP contribution is 2.21. The summed E-state index contributed by atoms with van der Waals surface area (Å²) in [6, 6.07) is 4.62. The average molecular weight is 260 g/mol. The van der Waals surface area contributed by atoms with Crippen LogP contribution in [0.15, 0.2) is 18.2 Å². The minimum Gasteiger partial charge on any atom is -0.367 e. The highest BCUT2D eigenvalue weighted by atomic mass is 19.3. The van der Waals surface area contributed by atoms with Crippen LogP contribution in [0.2, 0.25) is 0 Å². The summed E-state index contributed by atoms with van der Waals surface area (Å²) in [6.07, 6.45) is -1.08. The first kappa shape index (κ1) is 14.8. The first-order chi connectivity index (χ1) is 8.43. The molecule has 102 valence electrons. The maximum absolute atomic E-state index is 13.8. The summed E-state index contributed by atoms with van der Waals surface area (Å²) in [5.74, 6) is -0.487. The molecule has 0 aromatic heterocycles. The highest BCUT2D eigenvalue weighted by Gasteiger charge is 2.13. The molecule has 0 bridgehead atoms. The number of rotatable bonds is 6. The van der Waals surface area contributed by atoms with Crippen LogP contribution in [-0.4, -0.2) is 26.1 Å². The van der Waals surface area contributed by atoms with Crippen LogP contribution in [0.3, 0.4) is 0 Å². The average Bonchev–Trinajstić information content (AvgIpc) is 2.27. The van der Waals surface area contributed by atoms with E-state index in [0.29, 0.717) is 6.42 Å². The predicted octanol–water partition coefficient (Wildman–Crippen LogP) is 2.81. The van der Waals surface area contributed by atoms with Gasteiger partial charge >= 0.3 is 0 Å². The van der Waals surface area contributed by atoms with Crippen LogP contribution >= 0.6 is 0 Å².